The Morgan fingerprint density at radius 1 is 1.11 bits per heavy atom. The van der Waals surface area contributed by atoms with Gasteiger partial charge in [0.1, 0.15) is 5.45 Å². The highest BCUT2D eigenvalue weighted by atomic mass is 28.3. The first kappa shape index (κ1) is 13.2. The number of hydrogen-bond donors (Lipinski definition) is 0. The Kier molecular flexibility index (Phi) is 3.88. The fraction of sp³-hybridized carbons (Fsp3) is 0.133. The van der Waals surface area contributed by atoms with Crippen molar-refractivity contribution in [3.8, 4) is 6.07 Å². The van der Waals surface area contributed by atoms with Gasteiger partial charge in [0.05, 0.1) is 11.6 Å². The van der Waals surface area contributed by atoms with Crippen molar-refractivity contribution in [3.63, 3.8) is 0 Å². The van der Waals surface area contributed by atoms with E-state index in [1.54, 1.807) is 12.4 Å². The molecule has 1 aromatic heterocycles. The first-order valence-corrected chi connectivity index (χ1v) is 9.16. The largest absolute Gasteiger partial charge is 0.246 e. The minimum absolute atomic E-state index is 0.681. The van der Waals surface area contributed by atoms with Crippen molar-refractivity contribution < 1.29 is 0 Å². The third kappa shape index (κ3) is 3.36. The summed E-state index contributed by atoms with van der Waals surface area (Å²) in [6.07, 6.45) is 5.66. The molecule has 0 saturated heterocycles. The van der Waals surface area contributed by atoms with E-state index >= 15 is 0 Å². The molecule has 0 amide bonds. The van der Waals surface area contributed by atoms with Gasteiger partial charge < -0.3 is 0 Å². The van der Waals surface area contributed by atoms with Crippen molar-refractivity contribution in [1.82, 2.24) is 9.97 Å². The average Bonchev–Trinajstić information content (AvgIpc) is 2.47. The predicted octanol–water partition coefficient (Wildman–Crippen LogP) is 2.52. The fourth-order valence-electron chi connectivity index (χ4n) is 1.68. The SMILES string of the molecule is C[Si](C)(/C=C/c1ccc(C#N)cc1)c1ncccn1. The van der Waals surface area contributed by atoms with Gasteiger partial charge in [0.15, 0.2) is 8.07 Å². The molecule has 0 unspecified atom stereocenters. The van der Waals surface area contributed by atoms with Crippen LogP contribution in [-0.2, 0) is 0 Å². The summed E-state index contributed by atoms with van der Waals surface area (Å²) >= 11 is 0. The van der Waals surface area contributed by atoms with Crippen molar-refractivity contribution in [3.05, 3.63) is 59.6 Å². The van der Waals surface area contributed by atoms with Crippen LogP contribution in [0.25, 0.3) is 6.08 Å². The molecular weight excluding hydrogens is 250 g/mol. The third-order valence-electron chi connectivity index (χ3n) is 2.87. The molecule has 0 spiro atoms. The lowest BCUT2D eigenvalue weighted by Crippen LogP contribution is -2.43. The monoisotopic (exact) mass is 265 g/mol. The van der Waals surface area contributed by atoms with Crippen LogP contribution in [0.4, 0.5) is 0 Å². The predicted molar refractivity (Wildman–Crippen MR) is 79.3 cm³/mol. The van der Waals surface area contributed by atoms with Crippen molar-refractivity contribution in [1.29, 1.82) is 5.26 Å². The number of rotatable bonds is 3. The van der Waals surface area contributed by atoms with Gasteiger partial charge in [-0.25, -0.2) is 9.97 Å². The maximum Gasteiger partial charge on any atom is 0.152 e. The highest BCUT2D eigenvalue weighted by molar-refractivity contribution is 6.93. The molecular formula is C15H15N3Si. The quantitative estimate of drug-likeness (QED) is 0.801. The van der Waals surface area contributed by atoms with E-state index < -0.39 is 8.07 Å². The zero-order valence-electron chi connectivity index (χ0n) is 11.0. The molecule has 19 heavy (non-hydrogen) atoms. The van der Waals surface area contributed by atoms with E-state index in [0.717, 1.165) is 11.0 Å². The molecule has 2 rings (SSSR count). The first-order valence-electron chi connectivity index (χ1n) is 6.09. The lowest BCUT2D eigenvalue weighted by atomic mass is 10.1. The molecule has 0 N–H and O–H groups in total. The molecule has 4 heteroatoms. The van der Waals surface area contributed by atoms with Crippen LogP contribution in [-0.4, -0.2) is 18.0 Å². The van der Waals surface area contributed by atoms with Gasteiger partial charge in [-0.15, -0.1) is 0 Å². The van der Waals surface area contributed by atoms with E-state index in [1.807, 2.05) is 30.3 Å². The van der Waals surface area contributed by atoms with Crippen LogP contribution in [0.5, 0.6) is 0 Å². The summed E-state index contributed by atoms with van der Waals surface area (Å²) in [5, 5.41) is 8.76. The van der Waals surface area contributed by atoms with Gasteiger partial charge in [-0.1, -0.05) is 37.0 Å². The molecule has 0 fully saturated rings. The van der Waals surface area contributed by atoms with Crippen LogP contribution in [0.2, 0.25) is 13.1 Å². The van der Waals surface area contributed by atoms with Crippen molar-refractivity contribution >= 4 is 19.6 Å². The molecule has 0 bridgehead atoms. The Balaban J connectivity index is 2.19. The van der Waals surface area contributed by atoms with Crippen LogP contribution < -0.4 is 5.45 Å². The summed E-state index contributed by atoms with van der Waals surface area (Å²) in [6, 6.07) is 11.5. The third-order valence-corrected chi connectivity index (χ3v) is 5.29. The highest BCUT2D eigenvalue weighted by Gasteiger charge is 2.22. The Bertz CT molecular complexity index is 610. The number of hydrogen-bond acceptors (Lipinski definition) is 3. The lowest BCUT2D eigenvalue weighted by Gasteiger charge is -2.14. The van der Waals surface area contributed by atoms with Crippen molar-refractivity contribution in [2.24, 2.45) is 0 Å². The minimum atomic E-state index is -1.75. The highest BCUT2D eigenvalue weighted by Crippen LogP contribution is 2.09. The second-order valence-electron chi connectivity index (χ2n) is 4.86. The molecule has 1 heterocycles. The molecule has 0 aliphatic rings. The van der Waals surface area contributed by atoms with Gasteiger partial charge in [0.2, 0.25) is 0 Å². The number of nitriles is 1. The zero-order chi connectivity index (χ0) is 13.7. The van der Waals surface area contributed by atoms with E-state index in [0.29, 0.717) is 5.56 Å². The summed E-state index contributed by atoms with van der Waals surface area (Å²) in [5.74, 6) is 0. The van der Waals surface area contributed by atoms with Crippen molar-refractivity contribution in [2.45, 2.75) is 13.1 Å². The van der Waals surface area contributed by atoms with Crippen LogP contribution in [0, 0.1) is 11.3 Å². The maximum atomic E-state index is 8.76. The summed E-state index contributed by atoms with van der Waals surface area (Å²) in [4.78, 5) is 8.69. The summed E-state index contributed by atoms with van der Waals surface area (Å²) in [7, 11) is -1.75. The van der Waals surface area contributed by atoms with Gasteiger partial charge in [-0.3, -0.25) is 0 Å². The molecule has 0 atom stereocenters. The number of nitrogens with zero attached hydrogens (tertiary/aromatic N) is 3. The van der Waals surface area contributed by atoms with Crippen LogP contribution in [0.1, 0.15) is 11.1 Å². The Hall–Kier alpha value is -2.25. The standard InChI is InChI=1S/C15H15N3Si/c1-19(2,15-17-9-3-10-18-15)11-8-13-4-6-14(12-16)7-5-13/h3-11H,1-2H3/b11-8+. The topological polar surface area (TPSA) is 49.6 Å². The average molecular weight is 265 g/mol. The van der Waals surface area contributed by atoms with Gasteiger partial charge in [0, 0.05) is 12.4 Å². The summed E-state index contributed by atoms with van der Waals surface area (Å²) < 4.78 is 0. The summed E-state index contributed by atoms with van der Waals surface area (Å²) in [5.41, 5.74) is 4.92. The van der Waals surface area contributed by atoms with Gasteiger partial charge in [-0.2, -0.15) is 5.26 Å². The lowest BCUT2D eigenvalue weighted by molar-refractivity contribution is 1.22. The Labute approximate surface area is 114 Å². The van der Waals surface area contributed by atoms with Crippen LogP contribution in [0.15, 0.2) is 48.4 Å². The number of benzene rings is 1. The Morgan fingerprint density at radius 2 is 1.74 bits per heavy atom. The first-order chi connectivity index (χ1) is 9.12. The zero-order valence-corrected chi connectivity index (χ0v) is 12.0. The second kappa shape index (κ2) is 5.59. The van der Waals surface area contributed by atoms with E-state index in [2.05, 4.69) is 40.9 Å². The van der Waals surface area contributed by atoms with Crippen LogP contribution in [0.3, 0.4) is 0 Å². The van der Waals surface area contributed by atoms with E-state index in [9.17, 15) is 0 Å². The molecule has 94 valence electrons. The van der Waals surface area contributed by atoms with Crippen molar-refractivity contribution in [2.75, 3.05) is 0 Å². The molecule has 1 aromatic carbocycles. The smallest absolute Gasteiger partial charge is 0.152 e. The van der Waals surface area contributed by atoms with Gasteiger partial charge in [0.25, 0.3) is 0 Å². The van der Waals surface area contributed by atoms with Gasteiger partial charge in [-0.05, 0) is 23.8 Å². The summed E-state index contributed by atoms with van der Waals surface area (Å²) in [6.45, 7) is 4.42. The van der Waals surface area contributed by atoms with E-state index in [1.165, 1.54) is 0 Å². The van der Waals surface area contributed by atoms with Gasteiger partial charge >= 0.3 is 0 Å². The number of aromatic nitrogens is 2. The Morgan fingerprint density at radius 3 is 2.32 bits per heavy atom. The molecule has 0 aliphatic heterocycles. The molecule has 3 nitrogen and oxygen atoms in total. The molecule has 0 saturated carbocycles. The fourth-order valence-corrected chi connectivity index (χ4v) is 3.25. The van der Waals surface area contributed by atoms with Crippen LogP contribution >= 0.6 is 0 Å². The maximum absolute atomic E-state index is 8.76. The molecule has 0 radical (unpaired) electrons. The second-order valence-corrected chi connectivity index (χ2v) is 9.09. The molecule has 2 aromatic rings. The normalized spacial score (nSPS) is 11.4. The minimum Gasteiger partial charge on any atom is -0.246 e. The molecule has 0 aliphatic carbocycles. The van der Waals surface area contributed by atoms with E-state index in [4.69, 9.17) is 5.26 Å². The van der Waals surface area contributed by atoms with E-state index in [-0.39, 0.29) is 0 Å².